The number of hydrogen-bond donors (Lipinski definition) is 1. The summed E-state index contributed by atoms with van der Waals surface area (Å²) >= 11 is 1.56. The zero-order chi connectivity index (χ0) is 14.7. The molecular weight excluding hydrogens is 281 g/mol. The predicted molar refractivity (Wildman–Crippen MR) is 87.0 cm³/mol. The van der Waals surface area contributed by atoms with Gasteiger partial charge in [0, 0.05) is 23.2 Å². The van der Waals surface area contributed by atoms with Crippen LogP contribution in [0.3, 0.4) is 0 Å². The summed E-state index contributed by atoms with van der Waals surface area (Å²) in [4.78, 5) is 0.730. The molecule has 110 valence electrons. The molecule has 0 bridgehead atoms. The molecule has 3 heteroatoms. The van der Waals surface area contributed by atoms with E-state index in [9.17, 15) is 4.39 Å². The van der Waals surface area contributed by atoms with Crippen LogP contribution in [0.25, 0.3) is 0 Å². The van der Waals surface area contributed by atoms with Crippen molar-refractivity contribution in [2.45, 2.75) is 43.0 Å². The molecule has 21 heavy (non-hydrogen) atoms. The molecule has 1 fully saturated rings. The van der Waals surface area contributed by atoms with E-state index in [0.717, 1.165) is 22.8 Å². The van der Waals surface area contributed by atoms with Crippen LogP contribution in [0.15, 0.2) is 47.4 Å². The molecule has 0 unspecified atom stereocenters. The molecule has 0 spiro atoms. The van der Waals surface area contributed by atoms with Crippen LogP contribution in [0.5, 0.6) is 0 Å². The Hall–Kier alpha value is -1.32. The first-order chi connectivity index (χ1) is 10.2. The summed E-state index contributed by atoms with van der Waals surface area (Å²) in [5.74, 6) is 0.701. The van der Waals surface area contributed by atoms with E-state index in [1.165, 1.54) is 24.0 Å². The van der Waals surface area contributed by atoms with E-state index in [4.69, 9.17) is 0 Å². The Balaban J connectivity index is 1.61. The number of aryl methyl sites for hydroxylation is 1. The Morgan fingerprint density at radius 2 is 2.00 bits per heavy atom. The molecule has 0 radical (unpaired) electrons. The first-order valence-corrected chi connectivity index (χ1v) is 8.40. The van der Waals surface area contributed by atoms with Crippen molar-refractivity contribution in [3.8, 4) is 0 Å². The van der Waals surface area contributed by atoms with Crippen LogP contribution in [0.2, 0.25) is 0 Å². The predicted octanol–water partition coefficient (Wildman–Crippen LogP) is 4.68. The minimum atomic E-state index is -0.108. The molecular formula is C18H20FNS. The van der Waals surface area contributed by atoms with Crippen molar-refractivity contribution in [1.29, 1.82) is 0 Å². The van der Waals surface area contributed by atoms with Gasteiger partial charge in [-0.25, -0.2) is 4.39 Å². The van der Waals surface area contributed by atoms with Gasteiger partial charge in [-0.15, -0.1) is 11.8 Å². The first kappa shape index (κ1) is 14.6. The van der Waals surface area contributed by atoms with Gasteiger partial charge in [-0.05, 0) is 48.6 Å². The summed E-state index contributed by atoms with van der Waals surface area (Å²) in [6.07, 6.45) is 2.51. The van der Waals surface area contributed by atoms with E-state index in [2.05, 4.69) is 24.4 Å². The second-order valence-corrected chi connectivity index (χ2v) is 6.65. The van der Waals surface area contributed by atoms with E-state index < -0.39 is 0 Å². The molecule has 1 saturated carbocycles. The fourth-order valence-electron chi connectivity index (χ4n) is 2.25. The smallest absolute Gasteiger partial charge is 0.137 e. The van der Waals surface area contributed by atoms with Gasteiger partial charge in [0.2, 0.25) is 0 Å². The molecule has 1 N–H and O–H groups in total. The van der Waals surface area contributed by atoms with Gasteiger partial charge in [0.25, 0.3) is 0 Å². The summed E-state index contributed by atoms with van der Waals surface area (Å²) in [6.45, 7) is 2.86. The van der Waals surface area contributed by atoms with Gasteiger partial charge < -0.3 is 5.32 Å². The van der Waals surface area contributed by atoms with Gasteiger partial charge in [0.05, 0.1) is 0 Å². The lowest BCUT2D eigenvalue weighted by Crippen LogP contribution is -2.15. The molecule has 0 heterocycles. The Labute approximate surface area is 130 Å². The highest BCUT2D eigenvalue weighted by atomic mass is 32.2. The average molecular weight is 301 g/mol. The number of hydrogen-bond acceptors (Lipinski definition) is 2. The van der Waals surface area contributed by atoms with Gasteiger partial charge in [-0.1, -0.05) is 30.3 Å². The van der Waals surface area contributed by atoms with E-state index in [-0.39, 0.29) is 5.82 Å². The molecule has 3 rings (SSSR count). The number of rotatable bonds is 6. The quantitative estimate of drug-likeness (QED) is 0.778. The fourth-order valence-corrected chi connectivity index (χ4v) is 3.24. The molecule has 1 aliphatic carbocycles. The summed E-state index contributed by atoms with van der Waals surface area (Å²) < 4.78 is 14.1. The lowest BCUT2D eigenvalue weighted by atomic mass is 10.1. The SMILES string of the molecule is Cc1ccccc1CSc1ccc(CNC2CC2)cc1F. The third kappa shape index (κ3) is 4.08. The zero-order valence-electron chi connectivity index (χ0n) is 12.2. The molecule has 0 atom stereocenters. The molecule has 2 aromatic carbocycles. The maximum absolute atomic E-state index is 14.1. The van der Waals surface area contributed by atoms with Crippen molar-refractivity contribution >= 4 is 11.8 Å². The van der Waals surface area contributed by atoms with Crippen LogP contribution in [-0.4, -0.2) is 6.04 Å². The minimum Gasteiger partial charge on any atom is -0.310 e. The zero-order valence-corrected chi connectivity index (χ0v) is 13.0. The third-order valence-electron chi connectivity index (χ3n) is 3.81. The minimum absolute atomic E-state index is 0.108. The van der Waals surface area contributed by atoms with E-state index in [1.807, 2.05) is 24.3 Å². The number of benzene rings is 2. The fraction of sp³-hybridized carbons (Fsp3) is 0.333. The van der Waals surface area contributed by atoms with Gasteiger partial charge in [0.15, 0.2) is 0 Å². The summed E-state index contributed by atoms with van der Waals surface area (Å²) in [5.41, 5.74) is 3.55. The van der Waals surface area contributed by atoms with Crippen LogP contribution in [0, 0.1) is 12.7 Å². The Morgan fingerprint density at radius 3 is 2.71 bits per heavy atom. The van der Waals surface area contributed by atoms with E-state index in [0.29, 0.717) is 6.04 Å². The van der Waals surface area contributed by atoms with Crippen molar-refractivity contribution in [3.05, 3.63) is 65.0 Å². The van der Waals surface area contributed by atoms with Crippen molar-refractivity contribution < 1.29 is 4.39 Å². The lowest BCUT2D eigenvalue weighted by Gasteiger charge is -2.08. The lowest BCUT2D eigenvalue weighted by molar-refractivity contribution is 0.595. The molecule has 0 saturated heterocycles. The molecule has 2 aromatic rings. The normalized spacial score (nSPS) is 14.4. The summed E-state index contributed by atoms with van der Waals surface area (Å²) in [6, 6.07) is 14.5. The first-order valence-electron chi connectivity index (χ1n) is 7.41. The maximum atomic E-state index is 14.1. The van der Waals surface area contributed by atoms with Crippen LogP contribution >= 0.6 is 11.8 Å². The molecule has 1 aliphatic rings. The molecule has 0 amide bonds. The van der Waals surface area contributed by atoms with Crippen LogP contribution in [0.1, 0.15) is 29.5 Å². The standard InChI is InChI=1S/C18H20FNS/c1-13-4-2-3-5-15(13)12-21-18-9-6-14(10-17(18)19)11-20-16-7-8-16/h2-6,9-10,16,20H,7-8,11-12H2,1H3. The molecule has 0 aliphatic heterocycles. The summed E-state index contributed by atoms with van der Waals surface area (Å²) in [7, 11) is 0. The number of thioether (sulfide) groups is 1. The highest BCUT2D eigenvalue weighted by molar-refractivity contribution is 7.98. The molecule has 0 aromatic heterocycles. The second kappa shape index (κ2) is 6.63. The van der Waals surface area contributed by atoms with Crippen molar-refractivity contribution in [1.82, 2.24) is 5.32 Å². The third-order valence-corrected chi connectivity index (χ3v) is 4.91. The largest absolute Gasteiger partial charge is 0.310 e. The maximum Gasteiger partial charge on any atom is 0.137 e. The highest BCUT2D eigenvalue weighted by Gasteiger charge is 2.20. The number of halogens is 1. The van der Waals surface area contributed by atoms with Crippen LogP contribution in [-0.2, 0) is 12.3 Å². The topological polar surface area (TPSA) is 12.0 Å². The van der Waals surface area contributed by atoms with Gasteiger partial charge in [-0.2, -0.15) is 0 Å². The Bertz CT molecular complexity index is 622. The van der Waals surface area contributed by atoms with Crippen LogP contribution < -0.4 is 5.32 Å². The average Bonchev–Trinajstić information content (AvgIpc) is 3.30. The van der Waals surface area contributed by atoms with Crippen molar-refractivity contribution in [2.75, 3.05) is 0 Å². The Morgan fingerprint density at radius 1 is 1.19 bits per heavy atom. The van der Waals surface area contributed by atoms with Crippen molar-refractivity contribution in [3.63, 3.8) is 0 Å². The molecule has 1 nitrogen and oxygen atoms in total. The summed E-state index contributed by atoms with van der Waals surface area (Å²) in [5, 5.41) is 3.41. The monoisotopic (exact) mass is 301 g/mol. The second-order valence-electron chi connectivity index (χ2n) is 5.64. The van der Waals surface area contributed by atoms with Gasteiger partial charge >= 0.3 is 0 Å². The van der Waals surface area contributed by atoms with Crippen LogP contribution in [0.4, 0.5) is 4.39 Å². The van der Waals surface area contributed by atoms with E-state index >= 15 is 0 Å². The van der Waals surface area contributed by atoms with Gasteiger partial charge in [-0.3, -0.25) is 0 Å². The van der Waals surface area contributed by atoms with Crippen molar-refractivity contribution in [2.24, 2.45) is 0 Å². The number of nitrogens with one attached hydrogen (secondary N) is 1. The van der Waals surface area contributed by atoms with E-state index in [1.54, 1.807) is 17.8 Å². The van der Waals surface area contributed by atoms with Gasteiger partial charge in [0.1, 0.15) is 5.82 Å². The highest BCUT2D eigenvalue weighted by Crippen LogP contribution is 2.27. The Kier molecular flexibility index (Phi) is 4.61.